The molecule has 0 radical (unpaired) electrons. The van der Waals surface area contributed by atoms with Gasteiger partial charge >= 0.3 is 0 Å². The highest BCUT2D eigenvalue weighted by molar-refractivity contribution is 5.28. The zero-order chi connectivity index (χ0) is 14.2. The van der Waals surface area contributed by atoms with Crippen molar-refractivity contribution in [2.45, 2.75) is 27.7 Å². The molecule has 1 aromatic rings. The lowest BCUT2D eigenvalue weighted by Crippen LogP contribution is -1.84. The Labute approximate surface area is 110 Å². The van der Waals surface area contributed by atoms with Crippen molar-refractivity contribution in [2.75, 3.05) is 26.4 Å². The molecular weight excluding hydrogens is 232 g/mol. The van der Waals surface area contributed by atoms with Crippen LogP contribution in [0.5, 0.6) is 11.5 Å². The molecule has 4 nitrogen and oxygen atoms in total. The standard InChI is InChI=1S/C6H6O2.2C4H10O/c7-5-1-2-6(8)4-3-5;2*1-3-5-4-2/h1-4,7-8H;2*3-4H2,1-2H3. The predicted molar refractivity (Wildman–Crippen MR) is 74.1 cm³/mol. The smallest absolute Gasteiger partial charge is 0.115 e. The fourth-order valence-corrected chi connectivity index (χ4v) is 0.861. The molecule has 18 heavy (non-hydrogen) atoms. The van der Waals surface area contributed by atoms with E-state index in [4.69, 9.17) is 19.7 Å². The van der Waals surface area contributed by atoms with Gasteiger partial charge in [0.2, 0.25) is 0 Å². The molecule has 0 aliphatic carbocycles. The molecule has 2 N–H and O–H groups in total. The van der Waals surface area contributed by atoms with E-state index in [1.54, 1.807) is 0 Å². The summed E-state index contributed by atoms with van der Waals surface area (Å²) in [5.41, 5.74) is 0. The third-order valence-electron chi connectivity index (χ3n) is 1.67. The van der Waals surface area contributed by atoms with E-state index in [0.717, 1.165) is 26.4 Å². The van der Waals surface area contributed by atoms with Gasteiger partial charge in [-0.2, -0.15) is 0 Å². The first-order valence-electron chi connectivity index (χ1n) is 6.25. The average molecular weight is 258 g/mol. The molecule has 0 spiro atoms. The number of phenols is 2. The molecule has 0 heterocycles. The summed E-state index contributed by atoms with van der Waals surface area (Å²) in [7, 11) is 0. The Morgan fingerprint density at radius 2 is 0.889 bits per heavy atom. The molecule has 0 bridgehead atoms. The number of hydrogen-bond donors (Lipinski definition) is 2. The molecule has 0 atom stereocenters. The van der Waals surface area contributed by atoms with Gasteiger partial charge in [-0.1, -0.05) is 0 Å². The van der Waals surface area contributed by atoms with Crippen molar-refractivity contribution in [3.8, 4) is 11.5 Å². The third kappa shape index (κ3) is 17.1. The number of phenolic OH excluding ortho intramolecular Hbond substituents is 2. The first-order chi connectivity index (χ1) is 8.62. The lowest BCUT2D eigenvalue weighted by molar-refractivity contribution is 0.162. The topological polar surface area (TPSA) is 58.9 Å². The summed E-state index contributed by atoms with van der Waals surface area (Å²) in [6, 6.07) is 5.70. The van der Waals surface area contributed by atoms with E-state index in [1.807, 2.05) is 27.7 Å². The molecule has 0 saturated heterocycles. The van der Waals surface area contributed by atoms with Crippen molar-refractivity contribution in [3.63, 3.8) is 0 Å². The molecule has 1 rings (SSSR count). The Balaban J connectivity index is 0. The van der Waals surface area contributed by atoms with E-state index in [-0.39, 0.29) is 11.5 Å². The fourth-order valence-electron chi connectivity index (χ4n) is 0.861. The highest BCUT2D eigenvalue weighted by Crippen LogP contribution is 2.13. The van der Waals surface area contributed by atoms with Crippen molar-refractivity contribution < 1.29 is 19.7 Å². The highest BCUT2D eigenvalue weighted by Gasteiger charge is 1.84. The van der Waals surface area contributed by atoms with Crippen LogP contribution in [0.3, 0.4) is 0 Å². The zero-order valence-electron chi connectivity index (χ0n) is 11.8. The quantitative estimate of drug-likeness (QED) is 0.814. The summed E-state index contributed by atoms with van der Waals surface area (Å²) < 4.78 is 9.67. The predicted octanol–water partition coefficient (Wildman–Crippen LogP) is 3.18. The van der Waals surface area contributed by atoms with Crippen LogP contribution in [-0.2, 0) is 9.47 Å². The molecule has 1 aromatic carbocycles. The molecule has 0 fully saturated rings. The average Bonchev–Trinajstić information content (AvgIpc) is 2.37. The highest BCUT2D eigenvalue weighted by atomic mass is 16.5. The summed E-state index contributed by atoms with van der Waals surface area (Å²) in [4.78, 5) is 0. The normalized spacial score (nSPS) is 8.67. The first kappa shape index (κ1) is 19.1. The molecule has 0 aliphatic rings. The molecule has 0 saturated carbocycles. The summed E-state index contributed by atoms with van der Waals surface area (Å²) in [5, 5.41) is 17.3. The van der Waals surface area contributed by atoms with E-state index < -0.39 is 0 Å². The van der Waals surface area contributed by atoms with Crippen molar-refractivity contribution in [2.24, 2.45) is 0 Å². The van der Waals surface area contributed by atoms with E-state index in [2.05, 4.69) is 0 Å². The van der Waals surface area contributed by atoms with Gasteiger partial charge < -0.3 is 19.7 Å². The van der Waals surface area contributed by atoms with Gasteiger partial charge in [-0.05, 0) is 52.0 Å². The van der Waals surface area contributed by atoms with Crippen LogP contribution < -0.4 is 0 Å². The number of rotatable bonds is 4. The Hall–Kier alpha value is -1.26. The van der Waals surface area contributed by atoms with Gasteiger partial charge in [0.05, 0.1) is 0 Å². The number of aromatic hydroxyl groups is 2. The van der Waals surface area contributed by atoms with Gasteiger partial charge in [-0.15, -0.1) is 0 Å². The number of benzene rings is 1. The van der Waals surface area contributed by atoms with Crippen molar-refractivity contribution in [3.05, 3.63) is 24.3 Å². The molecular formula is C14H26O4. The van der Waals surface area contributed by atoms with Crippen LogP contribution in [0.25, 0.3) is 0 Å². The minimum atomic E-state index is 0.169. The van der Waals surface area contributed by atoms with Gasteiger partial charge in [0.1, 0.15) is 11.5 Å². The van der Waals surface area contributed by atoms with Crippen LogP contribution in [0.4, 0.5) is 0 Å². The van der Waals surface area contributed by atoms with Crippen LogP contribution in [-0.4, -0.2) is 36.6 Å². The van der Waals surface area contributed by atoms with E-state index in [9.17, 15) is 0 Å². The molecule has 106 valence electrons. The van der Waals surface area contributed by atoms with Gasteiger partial charge in [0.15, 0.2) is 0 Å². The van der Waals surface area contributed by atoms with Crippen LogP contribution in [0.2, 0.25) is 0 Å². The summed E-state index contributed by atoms with van der Waals surface area (Å²) in [5.74, 6) is 0.339. The molecule has 0 aromatic heterocycles. The Morgan fingerprint density at radius 3 is 1.00 bits per heavy atom. The van der Waals surface area contributed by atoms with E-state index in [0.29, 0.717) is 0 Å². The van der Waals surface area contributed by atoms with Gasteiger partial charge in [-0.25, -0.2) is 0 Å². The second kappa shape index (κ2) is 15.7. The largest absolute Gasteiger partial charge is 0.508 e. The van der Waals surface area contributed by atoms with Gasteiger partial charge in [0, 0.05) is 26.4 Å². The van der Waals surface area contributed by atoms with Crippen LogP contribution >= 0.6 is 0 Å². The monoisotopic (exact) mass is 258 g/mol. The second-order valence-corrected chi connectivity index (χ2v) is 3.08. The minimum absolute atomic E-state index is 0.169. The van der Waals surface area contributed by atoms with E-state index in [1.165, 1.54) is 24.3 Å². The zero-order valence-corrected chi connectivity index (χ0v) is 11.8. The van der Waals surface area contributed by atoms with Crippen LogP contribution in [0.1, 0.15) is 27.7 Å². The Bertz CT molecular complexity index is 215. The van der Waals surface area contributed by atoms with Crippen molar-refractivity contribution >= 4 is 0 Å². The maximum absolute atomic E-state index is 8.65. The van der Waals surface area contributed by atoms with Crippen LogP contribution in [0, 0.1) is 0 Å². The maximum Gasteiger partial charge on any atom is 0.115 e. The van der Waals surface area contributed by atoms with Crippen molar-refractivity contribution in [1.29, 1.82) is 0 Å². The Morgan fingerprint density at radius 1 is 0.667 bits per heavy atom. The third-order valence-corrected chi connectivity index (χ3v) is 1.67. The maximum atomic E-state index is 8.65. The SMILES string of the molecule is CCOCC.CCOCC.Oc1ccc(O)cc1. The Kier molecular flexibility index (Phi) is 16.7. The molecule has 0 aliphatic heterocycles. The summed E-state index contributed by atoms with van der Waals surface area (Å²) >= 11 is 0. The van der Waals surface area contributed by atoms with E-state index >= 15 is 0 Å². The van der Waals surface area contributed by atoms with Gasteiger partial charge in [0.25, 0.3) is 0 Å². The fraction of sp³-hybridized carbons (Fsp3) is 0.571. The van der Waals surface area contributed by atoms with Gasteiger partial charge in [-0.3, -0.25) is 0 Å². The number of ether oxygens (including phenoxy) is 2. The first-order valence-corrected chi connectivity index (χ1v) is 6.25. The molecule has 4 heteroatoms. The minimum Gasteiger partial charge on any atom is -0.508 e. The summed E-state index contributed by atoms with van der Waals surface area (Å²) in [6.45, 7) is 11.3. The van der Waals surface area contributed by atoms with Crippen LogP contribution in [0.15, 0.2) is 24.3 Å². The number of hydrogen-bond acceptors (Lipinski definition) is 4. The molecule has 0 amide bonds. The van der Waals surface area contributed by atoms with Crippen molar-refractivity contribution in [1.82, 2.24) is 0 Å². The second-order valence-electron chi connectivity index (χ2n) is 3.08. The lowest BCUT2D eigenvalue weighted by Gasteiger charge is -1.88. The lowest BCUT2D eigenvalue weighted by atomic mass is 10.3. The molecule has 0 unspecified atom stereocenters. The summed E-state index contributed by atoms with van der Waals surface area (Å²) in [6.07, 6.45) is 0.